The van der Waals surface area contributed by atoms with E-state index >= 15 is 0 Å². The van der Waals surface area contributed by atoms with Gasteiger partial charge in [0.25, 0.3) is 5.91 Å². The van der Waals surface area contributed by atoms with Crippen molar-refractivity contribution < 1.29 is 19.1 Å². The molecule has 5 nitrogen and oxygen atoms in total. The molecule has 3 rings (SSSR count). The summed E-state index contributed by atoms with van der Waals surface area (Å²) in [6.45, 7) is 4.44. The van der Waals surface area contributed by atoms with Gasteiger partial charge >= 0.3 is 5.97 Å². The molecule has 1 aliphatic heterocycles. The molecule has 0 bridgehead atoms. The first kappa shape index (κ1) is 16.1. The molecule has 0 spiro atoms. The van der Waals surface area contributed by atoms with Crippen LogP contribution in [0.15, 0.2) is 33.2 Å². The van der Waals surface area contributed by atoms with Crippen LogP contribution in [0.25, 0.3) is 11.0 Å². The van der Waals surface area contributed by atoms with Crippen LogP contribution >= 0.6 is 15.9 Å². The van der Waals surface area contributed by atoms with Crippen molar-refractivity contribution in [3.8, 4) is 0 Å². The van der Waals surface area contributed by atoms with Gasteiger partial charge in [-0.15, -0.1) is 0 Å². The zero-order chi connectivity index (χ0) is 16.8. The SMILES string of the molecule is CC(C)C1(C(=O)O)CCN(C(=O)c2cc3cc(Br)ccc3o2)C1. The molecule has 2 heterocycles. The fourth-order valence-electron chi connectivity index (χ4n) is 3.17. The minimum absolute atomic E-state index is 0.0376. The van der Waals surface area contributed by atoms with Gasteiger partial charge in [0.2, 0.25) is 0 Å². The topological polar surface area (TPSA) is 70.8 Å². The van der Waals surface area contributed by atoms with Gasteiger partial charge in [0.15, 0.2) is 5.76 Å². The zero-order valence-corrected chi connectivity index (χ0v) is 14.6. The van der Waals surface area contributed by atoms with Crippen LogP contribution in [0.1, 0.15) is 30.8 Å². The van der Waals surface area contributed by atoms with Gasteiger partial charge in [-0.2, -0.15) is 0 Å². The maximum atomic E-state index is 12.7. The maximum absolute atomic E-state index is 12.7. The molecule has 0 saturated carbocycles. The molecule has 1 N–H and O–H groups in total. The number of aliphatic carboxylic acids is 1. The molecule has 1 amide bonds. The van der Waals surface area contributed by atoms with Crippen LogP contribution in [0.5, 0.6) is 0 Å². The molecule has 1 fully saturated rings. The van der Waals surface area contributed by atoms with Gasteiger partial charge in [0.05, 0.1) is 5.41 Å². The summed E-state index contributed by atoms with van der Waals surface area (Å²) in [5.74, 6) is -0.870. The molecule has 1 unspecified atom stereocenters. The molecule has 1 aromatic heterocycles. The fourth-order valence-corrected chi connectivity index (χ4v) is 3.55. The Morgan fingerprint density at radius 2 is 2.09 bits per heavy atom. The predicted octanol–water partition coefficient (Wildman–Crippen LogP) is 3.77. The van der Waals surface area contributed by atoms with Gasteiger partial charge < -0.3 is 14.4 Å². The Morgan fingerprint density at radius 1 is 1.35 bits per heavy atom. The zero-order valence-electron chi connectivity index (χ0n) is 13.0. The normalized spacial score (nSPS) is 21.3. The number of carboxylic acids is 1. The number of rotatable bonds is 3. The highest BCUT2D eigenvalue weighted by atomic mass is 79.9. The van der Waals surface area contributed by atoms with E-state index in [0.29, 0.717) is 18.5 Å². The number of hydrogen-bond acceptors (Lipinski definition) is 3. The van der Waals surface area contributed by atoms with Gasteiger partial charge in [0, 0.05) is 22.9 Å². The highest BCUT2D eigenvalue weighted by Crippen LogP contribution is 2.39. The second kappa shape index (κ2) is 5.67. The van der Waals surface area contributed by atoms with Crippen LogP contribution in [-0.2, 0) is 4.79 Å². The first-order valence-electron chi connectivity index (χ1n) is 7.55. The number of carbonyl (C=O) groups excluding carboxylic acids is 1. The van der Waals surface area contributed by atoms with Crippen LogP contribution in [0, 0.1) is 11.3 Å². The Kier molecular flexibility index (Phi) is 3.96. The number of fused-ring (bicyclic) bond motifs is 1. The maximum Gasteiger partial charge on any atom is 0.311 e. The van der Waals surface area contributed by atoms with Crippen LogP contribution in [0.4, 0.5) is 0 Å². The molecule has 23 heavy (non-hydrogen) atoms. The summed E-state index contributed by atoms with van der Waals surface area (Å²) in [5, 5.41) is 10.4. The van der Waals surface area contributed by atoms with E-state index in [4.69, 9.17) is 4.42 Å². The van der Waals surface area contributed by atoms with Crippen molar-refractivity contribution in [1.29, 1.82) is 0 Å². The monoisotopic (exact) mass is 379 g/mol. The van der Waals surface area contributed by atoms with Gasteiger partial charge in [-0.25, -0.2) is 0 Å². The van der Waals surface area contributed by atoms with E-state index in [9.17, 15) is 14.7 Å². The Bertz CT molecular complexity index is 782. The van der Waals surface area contributed by atoms with Crippen LogP contribution in [-0.4, -0.2) is 35.0 Å². The van der Waals surface area contributed by atoms with Crippen molar-refractivity contribution in [2.75, 3.05) is 13.1 Å². The fraction of sp³-hybridized carbons (Fsp3) is 0.412. The number of carboxylic acid groups (broad SMARTS) is 1. The van der Waals surface area contributed by atoms with Crippen molar-refractivity contribution in [3.05, 3.63) is 34.5 Å². The molecule has 122 valence electrons. The van der Waals surface area contributed by atoms with E-state index in [2.05, 4.69) is 15.9 Å². The molecule has 0 aliphatic carbocycles. The smallest absolute Gasteiger partial charge is 0.311 e. The average molecular weight is 380 g/mol. The third-order valence-electron chi connectivity index (χ3n) is 4.81. The highest BCUT2D eigenvalue weighted by molar-refractivity contribution is 9.10. The summed E-state index contributed by atoms with van der Waals surface area (Å²) in [5.41, 5.74) is -0.228. The van der Waals surface area contributed by atoms with Crippen molar-refractivity contribution in [2.45, 2.75) is 20.3 Å². The number of carbonyl (C=O) groups is 2. The largest absolute Gasteiger partial charge is 0.481 e. The Balaban J connectivity index is 1.87. The lowest BCUT2D eigenvalue weighted by molar-refractivity contribution is -0.150. The number of hydrogen-bond donors (Lipinski definition) is 1. The summed E-state index contributed by atoms with van der Waals surface area (Å²) in [7, 11) is 0. The number of likely N-dealkylation sites (tertiary alicyclic amines) is 1. The second-order valence-electron chi connectivity index (χ2n) is 6.39. The van der Waals surface area contributed by atoms with Gasteiger partial charge in [0.1, 0.15) is 5.58 Å². The lowest BCUT2D eigenvalue weighted by Crippen LogP contribution is -2.40. The number of nitrogens with zero attached hydrogens (tertiary/aromatic N) is 1. The number of furan rings is 1. The molecule has 6 heteroatoms. The molecule has 0 radical (unpaired) electrons. The summed E-state index contributed by atoms with van der Waals surface area (Å²) in [6.07, 6.45) is 0.470. The first-order chi connectivity index (χ1) is 10.8. The first-order valence-corrected chi connectivity index (χ1v) is 8.34. The van der Waals surface area contributed by atoms with E-state index in [-0.39, 0.29) is 24.1 Å². The van der Waals surface area contributed by atoms with E-state index in [0.717, 1.165) is 9.86 Å². The minimum Gasteiger partial charge on any atom is -0.481 e. The van der Waals surface area contributed by atoms with Crippen LogP contribution in [0.2, 0.25) is 0 Å². The van der Waals surface area contributed by atoms with Gasteiger partial charge in [-0.1, -0.05) is 29.8 Å². The molecule has 1 saturated heterocycles. The standard InChI is InChI=1S/C17H18BrNO4/c1-10(2)17(16(21)22)5-6-19(9-17)15(20)14-8-11-7-12(18)3-4-13(11)23-14/h3-4,7-8,10H,5-6,9H2,1-2H3,(H,21,22). The molecular weight excluding hydrogens is 362 g/mol. The van der Waals surface area contributed by atoms with Crippen molar-refractivity contribution >= 4 is 38.8 Å². The lowest BCUT2D eigenvalue weighted by atomic mass is 9.76. The number of halogens is 1. The van der Waals surface area contributed by atoms with Gasteiger partial charge in [-0.05, 0) is 36.6 Å². The number of amides is 1. The van der Waals surface area contributed by atoms with E-state index in [1.807, 2.05) is 26.0 Å². The Labute approximate surface area is 142 Å². The molecule has 1 aromatic carbocycles. The van der Waals surface area contributed by atoms with E-state index < -0.39 is 11.4 Å². The third-order valence-corrected chi connectivity index (χ3v) is 5.30. The van der Waals surface area contributed by atoms with Crippen molar-refractivity contribution in [3.63, 3.8) is 0 Å². The lowest BCUT2D eigenvalue weighted by Gasteiger charge is -2.28. The van der Waals surface area contributed by atoms with Gasteiger partial charge in [-0.3, -0.25) is 9.59 Å². The Morgan fingerprint density at radius 3 is 2.70 bits per heavy atom. The van der Waals surface area contributed by atoms with Crippen LogP contribution < -0.4 is 0 Å². The minimum atomic E-state index is -0.870. The summed E-state index contributed by atoms with van der Waals surface area (Å²) in [4.78, 5) is 25.9. The molecule has 1 aliphatic rings. The second-order valence-corrected chi connectivity index (χ2v) is 7.30. The third kappa shape index (κ3) is 2.65. The van der Waals surface area contributed by atoms with Crippen molar-refractivity contribution in [1.82, 2.24) is 4.90 Å². The molecule has 1 atom stereocenters. The average Bonchev–Trinajstić information content (AvgIpc) is 3.10. The molecule has 2 aromatic rings. The summed E-state index contributed by atoms with van der Waals surface area (Å²) < 4.78 is 6.54. The Hall–Kier alpha value is -1.82. The predicted molar refractivity (Wildman–Crippen MR) is 89.3 cm³/mol. The summed E-state index contributed by atoms with van der Waals surface area (Å²) in [6, 6.07) is 7.24. The van der Waals surface area contributed by atoms with E-state index in [1.165, 1.54) is 0 Å². The quantitative estimate of drug-likeness (QED) is 0.880. The highest BCUT2D eigenvalue weighted by Gasteiger charge is 2.48. The summed E-state index contributed by atoms with van der Waals surface area (Å²) >= 11 is 3.39. The van der Waals surface area contributed by atoms with Crippen molar-refractivity contribution in [2.24, 2.45) is 11.3 Å². The van der Waals surface area contributed by atoms with E-state index in [1.54, 1.807) is 17.0 Å². The van der Waals surface area contributed by atoms with Crippen LogP contribution in [0.3, 0.4) is 0 Å². The number of benzene rings is 1. The molecular formula is C17H18BrNO4.